The molecule has 1 aliphatic carbocycles. The van der Waals surface area contributed by atoms with Gasteiger partial charge < -0.3 is 15.1 Å². The summed E-state index contributed by atoms with van der Waals surface area (Å²) < 4.78 is 0. The Hall–Kier alpha value is -1.62. The molecule has 26 heavy (non-hydrogen) atoms. The molecule has 1 aromatic rings. The number of rotatable bonds is 5. The first kappa shape index (κ1) is 19.2. The standard InChI is InChI=1S/C21H34N4O/c1-16-11-17(2)23-19(12-16)15-24(3)21(26)22-13-18-9-10-25(14-18)20-7-5-4-6-8-20/h11-12,18,20H,4-10,13-15H2,1-3H3,(H,22,26). The van der Waals surface area contributed by atoms with E-state index in [1.165, 1.54) is 50.6 Å². The van der Waals surface area contributed by atoms with Crippen LogP contribution in [0, 0.1) is 19.8 Å². The Balaban J connectivity index is 1.42. The third-order valence-corrected chi connectivity index (χ3v) is 5.85. The van der Waals surface area contributed by atoms with Crippen LogP contribution < -0.4 is 5.32 Å². The Morgan fingerprint density at radius 3 is 2.73 bits per heavy atom. The number of nitrogens with one attached hydrogen (secondary N) is 1. The molecule has 5 nitrogen and oxygen atoms in total. The van der Waals surface area contributed by atoms with Crippen LogP contribution in [0.4, 0.5) is 4.79 Å². The summed E-state index contributed by atoms with van der Waals surface area (Å²) in [5.74, 6) is 0.591. The Morgan fingerprint density at radius 2 is 2.00 bits per heavy atom. The van der Waals surface area contributed by atoms with Gasteiger partial charge in [0.2, 0.25) is 0 Å². The van der Waals surface area contributed by atoms with E-state index in [-0.39, 0.29) is 6.03 Å². The summed E-state index contributed by atoms with van der Waals surface area (Å²) in [5.41, 5.74) is 3.14. The van der Waals surface area contributed by atoms with Gasteiger partial charge in [0.05, 0.1) is 12.2 Å². The predicted octanol–water partition coefficient (Wildman–Crippen LogP) is 3.49. The molecule has 2 fully saturated rings. The van der Waals surface area contributed by atoms with Gasteiger partial charge in [-0.2, -0.15) is 0 Å². The van der Waals surface area contributed by atoms with E-state index in [9.17, 15) is 4.79 Å². The molecule has 3 rings (SSSR count). The van der Waals surface area contributed by atoms with E-state index in [1.54, 1.807) is 4.90 Å². The zero-order valence-corrected chi connectivity index (χ0v) is 16.6. The van der Waals surface area contributed by atoms with Crippen molar-refractivity contribution in [2.24, 2.45) is 5.92 Å². The number of aryl methyl sites for hydroxylation is 2. The summed E-state index contributed by atoms with van der Waals surface area (Å²) in [7, 11) is 1.84. The highest BCUT2D eigenvalue weighted by Crippen LogP contribution is 2.27. The van der Waals surface area contributed by atoms with Gasteiger partial charge in [-0.25, -0.2) is 4.79 Å². The highest BCUT2D eigenvalue weighted by atomic mass is 16.2. The quantitative estimate of drug-likeness (QED) is 0.876. The summed E-state index contributed by atoms with van der Waals surface area (Å²) in [5, 5.41) is 3.13. The molecule has 1 aliphatic heterocycles. The van der Waals surface area contributed by atoms with E-state index >= 15 is 0 Å². The zero-order chi connectivity index (χ0) is 18.5. The Kier molecular flexibility index (Phi) is 6.52. The van der Waals surface area contributed by atoms with Crippen LogP contribution in [-0.4, -0.2) is 53.5 Å². The van der Waals surface area contributed by atoms with Crippen LogP contribution in [0.1, 0.15) is 55.5 Å². The lowest BCUT2D eigenvalue weighted by Gasteiger charge is -2.31. The molecule has 2 amide bonds. The van der Waals surface area contributed by atoms with Crippen molar-refractivity contribution in [2.45, 2.75) is 65.0 Å². The molecule has 2 heterocycles. The summed E-state index contributed by atoms with van der Waals surface area (Å²) in [6.07, 6.45) is 8.12. The van der Waals surface area contributed by atoms with Crippen molar-refractivity contribution in [3.8, 4) is 0 Å². The van der Waals surface area contributed by atoms with Crippen molar-refractivity contribution >= 4 is 6.03 Å². The molecule has 2 aliphatic rings. The monoisotopic (exact) mass is 358 g/mol. The zero-order valence-electron chi connectivity index (χ0n) is 16.6. The second-order valence-electron chi connectivity index (χ2n) is 8.26. The van der Waals surface area contributed by atoms with Gasteiger partial charge in [0, 0.05) is 31.9 Å². The third kappa shape index (κ3) is 5.19. The van der Waals surface area contributed by atoms with Gasteiger partial charge in [-0.15, -0.1) is 0 Å². The molecule has 1 atom stereocenters. The number of hydrogen-bond acceptors (Lipinski definition) is 3. The number of carbonyl (C=O) groups is 1. The molecular weight excluding hydrogens is 324 g/mol. The largest absolute Gasteiger partial charge is 0.338 e. The molecule has 144 valence electrons. The number of amides is 2. The second-order valence-corrected chi connectivity index (χ2v) is 8.26. The van der Waals surface area contributed by atoms with Crippen molar-refractivity contribution in [1.29, 1.82) is 0 Å². The van der Waals surface area contributed by atoms with Gasteiger partial charge in [-0.3, -0.25) is 4.98 Å². The van der Waals surface area contributed by atoms with Gasteiger partial charge in [0.25, 0.3) is 0 Å². The number of urea groups is 1. The fraction of sp³-hybridized carbons (Fsp3) is 0.714. The average molecular weight is 359 g/mol. The van der Waals surface area contributed by atoms with Crippen molar-refractivity contribution in [2.75, 3.05) is 26.7 Å². The fourth-order valence-electron chi connectivity index (χ4n) is 4.49. The lowest BCUT2D eigenvalue weighted by Crippen LogP contribution is -2.40. The summed E-state index contributed by atoms with van der Waals surface area (Å²) in [6, 6.07) is 4.90. The molecule has 1 N–H and O–H groups in total. The fourth-order valence-corrected chi connectivity index (χ4v) is 4.49. The minimum Gasteiger partial charge on any atom is -0.338 e. The van der Waals surface area contributed by atoms with Crippen LogP contribution >= 0.6 is 0 Å². The molecule has 0 aromatic carbocycles. The van der Waals surface area contributed by atoms with Gasteiger partial charge in [-0.05, 0) is 63.3 Å². The van der Waals surface area contributed by atoms with Gasteiger partial charge in [-0.1, -0.05) is 19.3 Å². The summed E-state index contributed by atoms with van der Waals surface area (Å²) in [6.45, 7) is 7.74. The summed E-state index contributed by atoms with van der Waals surface area (Å²) >= 11 is 0. The molecule has 1 aromatic heterocycles. The topological polar surface area (TPSA) is 48.5 Å². The maximum atomic E-state index is 12.4. The predicted molar refractivity (Wildman–Crippen MR) is 105 cm³/mol. The molecule has 1 saturated carbocycles. The lowest BCUT2D eigenvalue weighted by atomic mass is 9.94. The van der Waals surface area contributed by atoms with Gasteiger partial charge >= 0.3 is 6.03 Å². The normalized spacial score (nSPS) is 21.7. The van der Waals surface area contributed by atoms with Gasteiger partial charge in [0.1, 0.15) is 0 Å². The molecule has 0 bridgehead atoms. The van der Waals surface area contributed by atoms with Crippen molar-refractivity contribution < 1.29 is 4.79 Å². The number of likely N-dealkylation sites (tertiary alicyclic amines) is 1. The maximum Gasteiger partial charge on any atom is 0.317 e. The third-order valence-electron chi connectivity index (χ3n) is 5.85. The van der Waals surface area contributed by atoms with Crippen LogP contribution in [0.2, 0.25) is 0 Å². The highest BCUT2D eigenvalue weighted by Gasteiger charge is 2.29. The molecule has 1 unspecified atom stereocenters. The first-order valence-corrected chi connectivity index (χ1v) is 10.2. The SMILES string of the molecule is Cc1cc(C)nc(CN(C)C(=O)NCC2CCN(C3CCCCC3)C2)c1. The first-order chi connectivity index (χ1) is 12.5. The number of pyridine rings is 1. The van der Waals surface area contributed by atoms with Crippen molar-refractivity contribution in [3.05, 3.63) is 29.1 Å². The van der Waals surface area contributed by atoms with E-state index in [4.69, 9.17) is 0 Å². The molecule has 1 saturated heterocycles. The van der Waals surface area contributed by atoms with E-state index in [2.05, 4.69) is 34.3 Å². The van der Waals surface area contributed by atoms with Gasteiger partial charge in [0.15, 0.2) is 0 Å². The summed E-state index contributed by atoms with van der Waals surface area (Å²) in [4.78, 5) is 21.4. The van der Waals surface area contributed by atoms with Crippen LogP contribution in [0.25, 0.3) is 0 Å². The van der Waals surface area contributed by atoms with E-state index in [0.29, 0.717) is 12.5 Å². The number of aromatic nitrogens is 1. The average Bonchev–Trinajstić information content (AvgIpc) is 3.08. The Morgan fingerprint density at radius 1 is 1.23 bits per heavy atom. The highest BCUT2D eigenvalue weighted by molar-refractivity contribution is 5.73. The number of carbonyl (C=O) groups excluding carboxylic acids is 1. The van der Waals surface area contributed by atoms with E-state index in [1.807, 2.05) is 14.0 Å². The van der Waals surface area contributed by atoms with Crippen LogP contribution in [0.15, 0.2) is 12.1 Å². The van der Waals surface area contributed by atoms with Crippen LogP contribution in [0.5, 0.6) is 0 Å². The Bertz CT molecular complexity index is 592. The minimum absolute atomic E-state index is 0.00192. The smallest absolute Gasteiger partial charge is 0.317 e. The molecule has 5 heteroatoms. The van der Waals surface area contributed by atoms with Crippen LogP contribution in [-0.2, 0) is 6.54 Å². The number of nitrogens with zero attached hydrogens (tertiary/aromatic N) is 3. The molecular formula is C21H34N4O. The number of hydrogen-bond donors (Lipinski definition) is 1. The maximum absolute atomic E-state index is 12.4. The van der Waals surface area contributed by atoms with Crippen molar-refractivity contribution in [1.82, 2.24) is 20.1 Å². The van der Waals surface area contributed by atoms with E-state index < -0.39 is 0 Å². The minimum atomic E-state index is 0.00192. The van der Waals surface area contributed by atoms with Crippen molar-refractivity contribution in [3.63, 3.8) is 0 Å². The molecule has 0 radical (unpaired) electrons. The van der Waals surface area contributed by atoms with E-state index in [0.717, 1.165) is 30.5 Å². The molecule has 0 spiro atoms. The lowest BCUT2D eigenvalue weighted by molar-refractivity contribution is 0.183. The second kappa shape index (κ2) is 8.85. The van der Waals surface area contributed by atoms with Crippen LogP contribution in [0.3, 0.4) is 0 Å². The first-order valence-electron chi connectivity index (χ1n) is 10.2. The Labute approximate surface area is 158 Å².